The van der Waals surface area contributed by atoms with Crippen LogP contribution in [-0.4, -0.2) is 74.6 Å². The molecular formula is C42H44N14O3S4+2. The summed E-state index contributed by atoms with van der Waals surface area (Å²) >= 11 is 4.15. The van der Waals surface area contributed by atoms with Crippen molar-refractivity contribution >= 4 is 85.8 Å². The number of aliphatic imine (C=N–C) groups is 2. The van der Waals surface area contributed by atoms with E-state index in [9.17, 15) is 13.2 Å². The second-order valence-electron chi connectivity index (χ2n) is 15.6. The fourth-order valence-corrected chi connectivity index (χ4v) is 11.6. The van der Waals surface area contributed by atoms with Gasteiger partial charge in [-0.25, -0.2) is 28.2 Å². The molecular weight excluding hydrogens is 877 g/mol. The van der Waals surface area contributed by atoms with Gasteiger partial charge in [0.05, 0.1) is 30.5 Å². The molecule has 1 aliphatic carbocycles. The van der Waals surface area contributed by atoms with Crippen LogP contribution in [0, 0.1) is 0 Å². The number of benzene rings is 2. The van der Waals surface area contributed by atoms with Crippen LogP contribution in [0.4, 0.5) is 23.0 Å². The van der Waals surface area contributed by atoms with Crippen LogP contribution in [0.5, 0.6) is 0 Å². The molecule has 3 aromatic heterocycles. The lowest BCUT2D eigenvalue weighted by Gasteiger charge is -2.28. The van der Waals surface area contributed by atoms with Crippen LogP contribution in [0.1, 0.15) is 49.9 Å². The Hall–Kier alpha value is -6.10. The lowest BCUT2D eigenvalue weighted by molar-refractivity contribution is -0.699. The monoisotopic (exact) mass is 920 g/mol. The maximum Gasteiger partial charge on any atom is 0.274 e. The normalized spacial score (nSPS) is 19.0. The van der Waals surface area contributed by atoms with Gasteiger partial charge >= 0.3 is 0 Å². The number of H-pyrrole nitrogens is 2. The zero-order chi connectivity index (χ0) is 43.1. The molecule has 0 saturated heterocycles. The number of hydrogen-bond donors (Lipinski definition) is 7. The first-order chi connectivity index (χ1) is 30.6. The number of amidine groups is 2. The highest BCUT2D eigenvalue weighted by Gasteiger charge is 2.35. The number of fused-ring (bicyclic) bond motifs is 2. The van der Waals surface area contributed by atoms with Crippen molar-refractivity contribution in [3.05, 3.63) is 138 Å². The van der Waals surface area contributed by atoms with E-state index in [1.807, 2.05) is 73.5 Å². The maximum absolute atomic E-state index is 14.0. The average molecular weight is 921 g/mol. The van der Waals surface area contributed by atoms with Crippen LogP contribution < -0.4 is 30.1 Å². The number of nitrogens with one attached hydrogen (secondary N) is 7. The van der Waals surface area contributed by atoms with Gasteiger partial charge in [0.2, 0.25) is 29.2 Å². The number of rotatable bonds is 16. The first-order valence-corrected chi connectivity index (χ1v) is 24.2. The van der Waals surface area contributed by atoms with Crippen molar-refractivity contribution in [2.45, 2.75) is 52.5 Å². The summed E-state index contributed by atoms with van der Waals surface area (Å²) in [7, 11) is -4.06. The van der Waals surface area contributed by atoms with Gasteiger partial charge in [-0.15, -0.1) is 11.3 Å². The Morgan fingerprint density at radius 2 is 1.46 bits per heavy atom. The van der Waals surface area contributed by atoms with Crippen LogP contribution >= 0.6 is 35.2 Å². The number of carbonyl (C=O) groups is 1. The number of sulfonamides is 1. The summed E-state index contributed by atoms with van der Waals surface area (Å²) in [6.45, 7) is 5.00. The van der Waals surface area contributed by atoms with E-state index in [1.165, 1.54) is 36.7 Å². The zero-order valence-corrected chi connectivity index (χ0v) is 37.4. The Morgan fingerprint density at radius 1 is 0.857 bits per heavy atom. The molecule has 7 heterocycles. The molecule has 1 saturated carbocycles. The number of quaternary nitrogens is 2. The third-order valence-electron chi connectivity index (χ3n) is 10.7. The summed E-state index contributed by atoms with van der Waals surface area (Å²) in [6, 6.07) is 22.0. The Bertz CT molecular complexity index is 2810. The molecule has 21 heteroatoms. The highest BCUT2D eigenvalue weighted by Crippen LogP contribution is 2.39. The van der Waals surface area contributed by atoms with Gasteiger partial charge in [-0.2, -0.15) is 10.2 Å². The summed E-state index contributed by atoms with van der Waals surface area (Å²) in [5.74, 6) is 5.59. The highest BCUT2D eigenvalue weighted by molar-refractivity contribution is 7.97. The highest BCUT2D eigenvalue weighted by atomic mass is 32.2. The predicted octanol–water partition coefficient (Wildman–Crippen LogP) is 5.03. The zero-order valence-electron chi connectivity index (χ0n) is 34.1. The molecule has 2 aromatic carbocycles. The van der Waals surface area contributed by atoms with Gasteiger partial charge in [0.25, 0.3) is 10.0 Å². The average Bonchev–Trinajstić information content (AvgIpc) is 3.92. The summed E-state index contributed by atoms with van der Waals surface area (Å²) in [6.07, 6.45) is 14.1. The SMILES string of the molecule is CC(C)c1cc(NC2=CN(Sc3ccc(NC(=O)CN(c4ccc(SN5C=C(Nc6cc(C7CC7)[nH]n6)[NH+]6C=CN=C6C5)cc4)S(=O)(=O)c4cccs4)cc3)CC3=NC=C[NH+]23)n[nH]1. The number of nitrogens with zero attached hydrogens (tertiary/aromatic N) is 7. The Morgan fingerprint density at radius 3 is 2.03 bits per heavy atom. The van der Waals surface area contributed by atoms with Gasteiger partial charge in [-0.1, -0.05) is 19.9 Å². The Balaban J connectivity index is 0.803. The molecule has 2 unspecified atom stereocenters. The van der Waals surface area contributed by atoms with Gasteiger partial charge in [0.15, 0.2) is 11.6 Å². The number of anilines is 4. The first kappa shape index (κ1) is 40.9. The van der Waals surface area contributed by atoms with E-state index in [2.05, 4.69) is 74.9 Å². The van der Waals surface area contributed by atoms with Crippen LogP contribution in [0.25, 0.3) is 0 Å². The molecule has 0 spiro atoms. The van der Waals surface area contributed by atoms with Crippen molar-refractivity contribution in [3.8, 4) is 0 Å². The number of hydrogen-bond acceptors (Lipinski definition) is 14. The second kappa shape index (κ2) is 17.2. The molecule has 322 valence electrons. The first-order valence-electron chi connectivity index (χ1n) is 20.4. The van der Waals surface area contributed by atoms with Gasteiger partial charge in [-0.3, -0.25) is 38.5 Å². The van der Waals surface area contributed by atoms with Gasteiger partial charge in [0.1, 0.15) is 36.2 Å². The molecule has 5 aromatic rings. The molecule has 0 bridgehead atoms. The van der Waals surface area contributed by atoms with Crippen molar-refractivity contribution in [2.24, 2.45) is 9.98 Å². The smallest absolute Gasteiger partial charge is 0.274 e. The largest absolute Gasteiger partial charge is 0.325 e. The van der Waals surface area contributed by atoms with E-state index in [0.717, 1.165) is 81.6 Å². The minimum absolute atomic E-state index is 0.145. The summed E-state index contributed by atoms with van der Waals surface area (Å²) in [5, 5.41) is 26.7. The van der Waals surface area contributed by atoms with Crippen molar-refractivity contribution < 1.29 is 23.0 Å². The van der Waals surface area contributed by atoms with Crippen molar-refractivity contribution in [2.75, 3.05) is 39.9 Å². The Labute approximate surface area is 376 Å². The molecule has 10 rings (SSSR count). The van der Waals surface area contributed by atoms with Crippen LogP contribution in [0.15, 0.2) is 151 Å². The van der Waals surface area contributed by atoms with Crippen molar-refractivity contribution in [1.29, 1.82) is 0 Å². The second-order valence-corrected chi connectivity index (χ2v) is 20.9. The fraction of sp³-hybridized carbons (Fsp3) is 0.214. The number of carbonyl (C=O) groups excluding carboxylic acids is 1. The number of thiophene rings is 1. The number of aromatic nitrogens is 4. The minimum Gasteiger partial charge on any atom is -0.325 e. The molecule has 5 aliphatic rings. The maximum atomic E-state index is 14.0. The van der Waals surface area contributed by atoms with E-state index in [4.69, 9.17) is 0 Å². The molecule has 0 radical (unpaired) electrons. The third kappa shape index (κ3) is 9.06. The Kier molecular flexibility index (Phi) is 11.2. The molecule has 1 amide bonds. The lowest BCUT2D eigenvalue weighted by atomic mass is 10.1. The molecule has 2 atom stereocenters. The number of aromatic amines is 2. The van der Waals surface area contributed by atoms with E-state index >= 15 is 0 Å². The summed E-state index contributed by atoms with van der Waals surface area (Å²) < 4.78 is 33.6. The van der Waals surface area contributed by atoms with Gasteiger partial charge in [-0.05, 0) is 103 Å². The molecule has 1 fully saturated rings. The predicted molar refractivity (Wildman–Crippen MR) is 247 cm³/mol. The van der Waals surface area contributed by atoms with E-state index in [1.54, 1.807) is 35.8 Å². The minimum atomic E-state index is -4.06. The molecule has 7 N–H and O–H groups in total. The topological polar surface area (TPSA) is 188 Å². The molecule has 4 aliphatic heterocycles. The quantitative estimate of drug-likeness (QED) is 0.0659. The third-order valence-corrected chi connectivity index (χ3v) is 15.7. The van der Waals surface area contributed by atoms with Crippen LogP contribution in [0.3, 0.4) is 0 Å². The molecule has 17 nitrogen and oxygen atoms in total. The van der Waals surface area contributed by atoms with Crippen molar-refractivity contribution in [3.63, 3.8) is 0 Å². The number of amides is 1. The van der Waals surface area contributed by atoms with E-state index in [-0.39, 0.29) is 4.21 Å². The van der Waals surface area contributed by atoms with Crippen LogP contribution in [-0.2, 0) is 14.8 Å². The summed E-state index contributed by atoms with van der Waals surface area (Å²) in [4.78, 5) is 26.7. The fourth-order valence-electron chi connectivity index (χ4n) is 7.29. The van der Waals surface area contributed by atoms with Crippen molar-refractivity contribution in [1.82, 2.24) is 29.0 Å². The molecule has 63 heavy (non-hydrogen) atoms. The van der Waals surface area contributed by atoms with E-state index < -0.39 is 22.5 Å². The summed E-state index contributed by atoms with van der Waals surface area (Å²) in [5.41, 5.74) is 3.11. The van der Waals surface area contributed by atoms with Gasteiger partial charge in [0, 0.05) is 44.9 Å². The lowest BCUT2D eigenvalue weighted by Crippen LogP contribution is -3.10. The van der Waals surface area contributed by atoms with E-state index in [0.29, 0.717) is 36.3 Å². The standard InChI is InChI=1S/C42H42N14O3S4/c1-27(2)33-20-35(50-48-33)46-39-24-52(22-37-43-15-17-54(37)39)61-31-11-7-29(8-12-31)45-41(57)26-56(63(58,59)42-4-3-19-60-42)30-9-13-32(14-10-30)62-53-23-38-44-16-18-55(38)40(25-53)47-36-21-34(49-51-36)28-5-6-28/h3-4,7-21,24-25,27-28H,5-6,22-23,26H2,1-2H3,(H,45,57)(H2,46,48,50)(H2,47,49,51)/p+2. The van der Waals surface area contributed by atoms with Crippen LogP contribution in [0.2, 0.25) is 0 Å². The van der Waals surface area contributed by atoms with Gasteiger partial charge < -0.3 is 5.32 Å².